The van der Waals surface area contributed by atoms with Crippen molar-refractivity contribution < 1.29 is 8.78 Å². The van der Waals surface area contributed by atoms with Crippen LogP contribution in [0.15, 0.2) is 18.2 Å². The van der Waals surface area contributed by atoms with E-state index in [2.05, 4.69) is 17.1 Å². The first-order valence-electron chi connectivity index (χ1n) is 7.12. The number of halogens is 3. The molecule has 1 aliphatic rings. The van der Waals surface area contributed by atoms with Crippen molar-refractivity contribution >= 4 is 12.4 Å². The molecule has 1 aromatic carbocycles. The van der Waals surface area contributed by atoms with Crippen molar-refractivity contribution in [3.05, 3.63) is 35.4 Å². The maximum atomic E-state index is 13.4. The fourth-order valence-corrected chi connectivity index (χ4v) is 2.67. The SMILES string of the molecule is CCCC[C@H](c1ccc(F)c(F)c1)N1CCNCC1.Cl. The summed E-state index contributed by atoms with van der Waals surface area (Å²) in [4.78, 5) is 2.37. The summed E-state index contributed by atoms with van der Waals surface area (Å²) >= 11 is 0. The Morgan fingerprint density at radius 3 is 2.50 bits per heavy atom. The highest BCUT2D eigenvalue weighted by Gasteiger charge is 2.22. The Hall–Kier alpha value is -0.710. The Bertz CT molecular complexity index is 409. The van der Waals surface area contributed by atoms with Crippen LogP contribution in [-0.2, 0) is 0 Å². The third kappa shape index (κ3) is 4.40. The quantitative estimate of drug-likeness (QED) is 0.895. The minimum atomic E-state index is -0.765. The van der Waals surface area contributed by atoms with E-state index < -0.39 is 11.6 Å². The van der Waals surface area contributed by atoms with E-state index in [1.807, 2.05) is 0 Å². The Morgan fingerprint density at radius 1 is 1.20 bits per heavy atom. The summed E-state index contributed by atoms with van der Waals surface area (Å²) in [5, 5.41) is 3.32. The molecule has 2 nitrogen and oxygen atoms in total. The number of hydrogen-bond donors (Lipinski definition) is 1. The molecule has 0 aromatic heterocycles. The fraction of sp³-hybridized carbons (Fsp3) is 0.600. The van der Waals surface area contributed by atoms with Gasteiger partial charge in [0.05, 0.1) is 0 Å². The molecule has 1 heterocycles. The number of nitrogens with zero attached hydrogens (tertiary/aromatic N) is 1. The van der Waals surface area contributed by atoms with Gasteiger partial charge in [0, 0.05) is 32.2 Å². The highest BCUT2D eigenvalue weighted by molar-refractivity contribution is 5.85. The fourth-order valence-electron chi connectivity index (χ4n) is 2.67. The van der Waals surface area contributed by atoms with Crippen molar-refractivity contribution in [3.8, 4) is 0 Å². The standard InChI is InChI=1S/C15H22F2N2.ClH/c1-2-3-4-15(19-9-7-18-8-10-19)12-5-6-13(16)14(17)11-12;/h5-6,11,15,18H,2-4,7-10H2,1H3;1H/t15-;/m1./s1. The van der Waals surface area contributed by atoms with Gasteiger partial charge >= 0.3 is 0 Å². The van der Waals surface area contributed by atoms with Crippen LogP contribution in [0, 0.1) is 11.6 Å². The van der Waals surface area contributed by atoms with Crippen LogP contribution in [-0.4, -0.2) is 31.1 Å². The van der Waals surface area contributed by atoms with Crippen molar-refractivity contribution in [2.75, 3.05) is 26.2 Å². The van der Waals surface area contributed by atoms with E-state index in [1.54, 1.807) is 6.07 Å². The van der Waals surface area contributed by atoms with Gasteiger partial charge in [-0.25, -0.2) is 8.78 Å². The molecule has 0 amide bonds. The third-order valence-corrected chi connectivity index (χ3v) is 3.75. The molecule has 0 aliphatic carbocycles. The second-order valence-electron chi connectivity index (χ2n) is 5.12. The smallest absolute Gasteiger partial charge is 0.159 e. The molecule has 1 saturated heterocycles. The lowest BCUT2D eigenvalue weighted by Crippen LogP contribution is -2.45. The van der Waals surface area contributed by atoms with E-state index in [0.717, 1.165) is 51.0 Å². The van der Waals surface area contributed by atoms with Gasteiger partial charge in [0.25, 0.3) is 0 Å². The zero-order chi connectivity index (χ0) is 13.7. The Balaban J connectivity index is 0.00000200. The molecule has 0 bridgehead atoms. The summed E-state index contributed by atoms with van der Waals surface area (Å²) in [6.07, 6.45) is 3.22. The molecule has 0 unspecified atom stereocenters. The molecule has 1 atom stereocenters. The molecular weight excluding hydrogens is 282 g/mol. The Labute approximate surface area is 126 Å². The van der Waals surface area contributed by atoms with Gasteiger partial charge in [0.15, 0.2) is 11.6 Å². The lowest BCUT2D eigenvalue weighted by Gasteiger charge is -2.35. The molecule has 1 fully saturated rings. The van der Waals surface area contributed by atoms with Crippen molar-refractivity contribution in [1.29, 1.82) is 0 Å². The number of rotatable bonds is 5. The second-order valence-corrected chi connectivity index (χ2v) is 5.12. The number of piperazine rings is 1. The summed E-state index contributed by atoms with van der Waals surface area (Å²) in [7, 11) is 0. The summed E-state index contributed by atoms with van der Waals surface area (Å²) in [6.45, 7) is 6.01. The molecule has 5 heteroatoms. The minimum absolute atomic E-state index is 0. The molecule has 1 aromatic rings. The summed E-state index contributed by atoms with van der Waals surface area (Å²) < 4.78 is 26.5. The van der Waals surface area contributed by atoms with Crippen LogP contribution in [0.4, 0.5) is 8.78 Å². The van der Waals surface area contributed by atoms with Crippen LogP contribution in [0.1, 0.15) is 37.8 Å². The van der Waals surface area contributed by atoms with E-state index in [9.17, 15) is 8.78 Å². The monoisotopic (exact) mass is 304 g/mol. The molecular formula is C15H23ClF2N2. The highest BCUT2D eigenvalue weighted by atomic mass is 35.5. The van der Waals surface area contributed by atoms with E-state index >= 15 is 0 Å². The van der Waals surface area contributed by atoms with E-state index in [1.165, 1.54) is 12.1 Å². The molecule has 1 aliphatic heterocycles. The molecule has 0 saturated carbocycles. The zero-order valence-electron chi connectivity index (χ0n) is 11.9. The van der Waals surface area contributed by atoms with Gasteiger partial charge in [0.1, 0.15) is 0 Å². The van der Waals surface area contributed by atoms with E-state index in [0.29, 0.717) is 0 Å². The van der Waals surface area contributed by atoms with E-state index in [4.69, 9.17) is 0 Å². The topological polar surface area (TPSA) is 15.3 Å². The zero-order valence-corrected chi connectivity index (χ0v) is 12.7. The van der Waals surface area contributed by atoms with Crippen molar-refractivity contribution in [1.82, 2.24) is 10.2 Å². The van der Waals surface area contributed by atoms with Gasteiger partial charge in [-0.3, -0.25) is 4.90 Å². The number of benzene rings is 1. The molecule has 1 N–H and O–H groups in total. The molecule has 20 heavy (non-hydrogen) atoms. The summed E-state index contributed by atoms with van der Waals surface area (Å²) in [5.74, 6) is -1.51. The second kappa shape index (κ2) is 8.55. The largest absolute Gasteiger partial charge is 0.314 e. The van der Waals surface area contributed by atoms with Crippen molar-refractivity contribution in [2.24, 2.45) is 0 Å². The molecule has 0 spiro atoms. The normalized spacial score (nSPS) is 17.6. The predicted molar refractivity (Wildman–Crippen MR) is 80.3 cm³/mol. The lowest BCUT2D eigenvalue weighted by atomic mass is 9.98. The van der Waals surface area contributed by atoms with Crippen LogP contribution in [0.5, 0.6) is 0 Å². The van der Waals surface area contributed by atoms with Crippen molar-refractivity contribution in [2.45, 2.75) is 32.2 Å². The lowest BCUT2D eigenvalue weighted by molar-refractivity contribution is 0.163. The maximum absolute atomic E-state index is 13.4. The predicted octanol–water partition coefficient (Wildman–Crippen LogP) is 3.52. The molecule has 114 valence electrons. The Morgan fingerprint density at radius 2 is 1.90 bits per heavy atom. The average Bonchev–Trinajstić information content (AvgIpc) is 2.44. The molecule has 2 rings (SSSR count). The van der Waals surface area contributed by atoms with Crippen LogP contribution in [0.3, 0.4) is 0 Å². The first-order valence-corrected chi connectivity index (χ1v) is 7.12. The number of nitrogens with one attached hydrogen (secondary N) is 1. The van der Waals surface area contributed by atoms with Gasteiger partial charge in [-0.15, -0.1) is 12.4 Å². The van der Waals surface area contributed by atoms with Gasteiger partial charge in [-0.1, -0.05) is 25.8 Å². The number of hydrogen-bond acceptors (Lipinski definition) is 2. The van der Waals surface area contributed by atoms with Crippen molar-refractivity contribution in [3.63, 3.8) is 0 Å². The van der Waals surface area contributed by atoms with Crippen LogP contribution in [0.25, 0.3) is 0 Å². The van der Waals surface area contributed by atoms with Crippen LogP contribution in [0.2, 0.25) is 0 Å². The van der Waals surface area contributed by atoms with Gasteiger partial charge in [0.2, 0.25) is 0 Å². The van der Waals surface area contributed by atoms with Gasteiger partial charge in [-0.2, -0.15) is 0 Å². The van der Waals surface area contributed by atoms with Crippen LogP contribution < -0.4 is 5.32 Å². The Kier molecular flexibility index (Phi) is 7.41. The summed E-state index contributed by atoms with van der Waals surface area (Å²) in [6, 6.07) is 4.53. The third-order valence-electron chi connectivity index (χ3n) is 3.75. The van der Waals surface area contributed by atoms with Crippen LogP contribution >= 0.6 is 12.4 Å². The number of unbranched alkanes of at least 4 members (excludes halogenated alkanes) is 1. The maximum Gasteiger partial charge on any atom is 0.159 e. The average molecular weight is 305 g/mol. The van der Waals surface area contributed by atoms with Gasteiger partial charge < -0.3 is 5.32 Å². The minimum Gasteiger partial charge on any atom is -0.314 e. The first-order chi connectivity index (χ1) is 9.22. The molecule has 0 radical (unpaired) electrons. The summed E-state index contributed by atoms with van der Waals surface area (Å²) in [5.41, 5.74) is 0.897. The highest BCUT2D eigenvalue weighted by Crippen LogP contribution is 2.27. The van der Waals surface area contributed by atoms with E-state index in [-0.39, 0.29) is 18.4 Å². The van der Waals surface area contributed by atoms with Gasteiger partial charge in [-0.05, 0) is 24.1 Å². The first kappa shape index (κ1) is 17.3.